The third-order valence-corrected chi connectivity index (χ3v) is 3.88. The molecule has 0 radical (unpaired) electrons. The Labute approximate surface area is 118 Å². The van der Waals surface area contributed by atoms with Gasteiger partial charge in [0, 0.05) is 12.3 Å². The van der Waals surface area contributed by atoms with Gasteiger partial charge in [-0.15, -0.1) is 0 Å². The second-order valence-corrected chi connectivity index (χ2v) is 5.64. The number of carbonyl (C=O) groups excluding carboxylic acids is 1. The molecule has 0 saturated heterocycles. The molecule has 114 valence electrons. The summed E-state index contributed by atoms with van der Waals surface area (Å²) in [5.74, 6) is -1.74. The first kappa shape index (κ1) is 16.5. The largest absolute Gasteiger partial charge is 0.481 e. The van der Waals surface area contributed by atoms with E-state index in [1.54, 1.807) is 0 Å². The fourth-order valence-corrected chi connectivity index (χ4v) is 2.53. The molecule has 0 bridgehead atoms. The van der Waals surface area contributed by atoms with Crippen LogP contribution < -0.4 is 5.32 Å². The van der Waals surface area contributed by atoms with Crippen molar-refractivity contribution in [1.29, 1.82) is 0 Å². The Hall–Kier alpha value is -1.59. The average molecular weight is 285 g/mol. The van der Waals surface area contributed by atoms with Gasteiger partial charge in [-0.2, -0.15) is 0 Å². The van der Waals surface area contributed by atoms with Gasteiger partial charge in [0.15, 0.2) is 0 Å². The van der Waals surface area contributed by atoms with Crippen LogP contribution in [0.2, 0.25) is 0 Å². The van der Waals surface area contributed by atoms with Crippen LogP contribution in [0.1, 0.15) is 51.9 Å². The lowest BCUT2D eigenvalue weighted by molar-refractivity contribution is -0.143. The number of aliphatic carboxylic acids is 2. The molecule has 1 saturated carbocycles. The Morgan fingerprint density at radius 3 is 2.25 bits per heavy atom. The molecule has 1 amide bonds. The fourth-order valence-electron chi connectivity index (χ4n) is 2.53. The highest BCUT2D eigenvalue weighted by Gasteiger charge is 2.27. The molecule has 6 nitrogen and oxygen atoms in total. The van der Waals surface area contributed by atoms with E-state index in [2.05, 4.69) is 12.2 Å². The topological polar surface area (TPSA) is 104 Å². The zero-order valence-electron chi connectivity index (χ0n) is 11.8. The first-order valence-electron chi connectivity index (χ1n) is 7.15. The zero-order chi connectivity index (χ0) is 15.1. The third kappa shape index (κ3) is 5.59. The van der Waals surface area contributed by atoms with E-state index in [1.165, 1.54) is 0 Å². The van der Waals surface area contributed by atoms with Gasteiger partial charge < -0.3 is 15.5 Å². The van der Waals surface area contributed by atoms with Crippen molar-refractivity contribution in [2.75, 3.05) is 0 Å². The highest BCUT2D eigenvalue weighted by atomic mass is 16.4. The average Bonchev–Trinajstić information content (AvgIpc) is 2.37. The van der Waals surface area contributed by atoms with Gasteiger partial charge in [0.2, 0.25) is 5.91 Å². The zero-order valence-corrected chi connectivity index (χ0v) is 11.8. The molecule has 1 aliphatic carbocycles. The van der Waals surface area contributed by atoms with Crippen molar-refractivity contribution in [3.8, 4) is 0 Å². The molecule has 0 spiro atoms. The minimum absolute atomic E-state index is 0.0827. The van der Waals surface area contributed by atoms with Crippen LogP contribution in [0.15, 0.2) is 0 Å². The Bertz CT molecular complexity index is 361. The van der Waals surface area contributed by atoms with Gasteiger partial charge in [-0.1, -0.05) is 6.92 Å². The van der Waals surface area contributed by atoms with E-state index in [9.17, 15) is 14.4 Å². The molecule has 0 aliphatic heterocycles. The van der Waals surface area contributed by atoms with Crippen LogP contribution in [0.4, 0.5) is 0 Å². The standard InChI is InChI=1S/C14H23NO5/c1-9-5-7-10(8-6-9)13(18)15-11(14(19)20)3-2-4-12(16)17/h9-11H,2-8H2,1H3,(H,15,18)(H,16,17)(H,19,20)/t9?,10?,11-/m1/s1. The van der Waals surface area contributed by atoms with Crippen LogP contribution >= 0.6 is 0 Å². The van der Waals surface area contributed by atoms with Crippen LogP contribution in [0.5, 0.6) is 0 Å². The van der Waals surface area contributed by atoms with Gasteiger partial charge in [0.05, 0.1) is 0 Å². The molecular weight excluding hydrogens is 262 g/mol. The Kier molecular flexibility index (Phi) is 6.48. The lowest BCUT2D eigenvalue weighted by Gasteiger charge is -2.26. The number of hydrogen-bond donors (Lipinski definition) is 3. The first-order chi connectivity index (χ1) is 9.40. The summed E-state index contributed by atoms with van der Waals surface area (Å²) in [4.78, 5) is 33.5. The minimum Gasteiger partial charge on any atom is -0.481 e. The van der Waals surface area contributed by atoms with Crippen LogP contribution in [0, 0.1) is 11.8 Å². The van der Waals surface area contributed by atoms with Crippen molar-refractivity contribution in [3.05, 3.63) is 0 Å². The summed E-state index contributed by atoms with van der Waals surface area (Å²) in [5.41, 5.74) is 0. The normalized spacial score (nSPS) is 23.9. The summed E-state index contributed by atoms with van der Waals surface area (Å²) in [7, 11) is 0. The van der Waals surface area contributed by atoms with Gasteiger partial charge in [0.25, 0.3) is 0 Å². The van der Waals surface area contributed by atoms with E-state index in [-0.39, 0.29) is 31.1 Å². The number of rotatable bonds is 7. The van der Waals surface area contributed by atoms with Crippen molar-refractivity contribution < 1.29 is 24.6 Å². The molecule has 20 heavy (non-hydrogen) atoms. The molecule has 1 atom stereocenters. The molecule has 0 aromatic heterocycles. The van der Waals surface area contributed by atoms with Crippen molar-refractivity contribution in [3.63, 3.8) is 0 Å². The van der Waals surface area contributed by atoms with Crippen molar-refractivity contribution in [1.82, 2.24) is 5.32 Å². The predicted molar refractivity (Wildman–Crippen MR) is 72.2 cm³/mol. The monoisotopic (exact) mass is 285 g/mol. The predicted octanol–water partition coefficient (Wildman–Crippen LogP) is 1.64. The quantitative estimate of drug-likeness (QED) is 0.659. The SMILES string of the molecule is CC1CCC(C(=O)N[C@H](CCCC(=O)O)C(=O)O)CC1. The lowest BCUT2D eigenvalue weighted by atomic mass is 9.82. The molecule has 0 heterocycles. The maximum atomic E-state index is 12.0. The van der Waals surface area contributed by atoms with Crippen LogP contribution in [0.3, 0.4) is 0 Å². The van der Waals surface area contributed by atoms with Crippen molar-refractivity contribution in [2.45, 2.75) is 57.9 Å². The van der Waals surface area contributed by atoms with E-state index in [0.717, 1.165) is 25.7 Å². The Morgan fingerprint density at radius 1 is 1.15 bits per heavy atom. The highest BCUT2D eigenvalue weighted by Crippen LogP contribution is 2.28. The molecule has 1 rings (SSSR count). The molecule has 0 unspecified atom stereocenters. The second-order valence-electron chi connectivity index (χ2n) is 5.64. The highest BCUT2D eigenvalue weighted by molar-refractivity contribution is 5.85. The van der Waals surface area contributed by atoms with Crippen molar-refractivity contribution in [2.24, 2.45) is 11.8 Å². The summed E-state index contributed by atoms with van der Waals surface area (Å²) in [6.45, 7) is 2.15. The number of carboxylic acids is 2. The lowest BCUT2D eigenvalue weighted by Crippen LogP contribution is -2.44. The summed E-state index contributed by atoms with van der Waals surface area (Å²) in [5, 5.41) is 20.1. The Balaban J connectivity index is 2.42. The number of hydrogen-bond acceptors (Lipinski definition) is 3. The fraction of sp³-hybridized carbons (Fsp3) is 0.786. The van der Waals surface area contributed by atoms with Crippen LogP contribution in [0.25, 0.3) is 0 Å². The number of amides is 1. The van der Waals surface area contributed by atoms with E-state index in [1.807, 2.05) is 0 Å². The third-order valence-electron chi connectivity index (χ3n) is 3.88. The van der Waals surface area contributed by atoms with E-state index in [4.69, 9.17) is 10.2 Å². The minimum atomic E-state index is -1.10. The van der Waals surface area contributed by atoms with Gasteiger partial charge in [-0.3, -0.25) is 9.59 Å². The summed E-state index contributed by atoms with van der Waals surface area (Å²) < 4.78 is 0. The van der Waals surface area contributed by atoms with E-state index < -0.39 is 18.0 Å². The van der Waals surface area contributed by atoms with Crippen molar-refractivity contribution >= 4 is 17.8 Å². The maximum absolute atomic E-state index is 12.0. The Morgan fingerprint density at radius 2 is 1.75 bits per heavy atom. The van der Waals surface area contributed by atoms with Gasteiger partial charge in [-0.25, -0.2) is 4.79 Å². The summed E-state index contributed by atoms with van der Waals surface area (Å²) in [6, 6.07) is -0.985. The van der Waals surface area contributed by atoms with Gasteiger partial charge >= 0.3 is 11.9 Å². The molecule has 3 N–H and O–H groups in total. The summed E-state index contributed by atoms with van der Waals surface area (Å²) >= 11 is 0. The van der Waals surface area contributed by atoms with Crippen LogP contribution in [-0.2, 0) is 14.4 Å². The van der Waals surface area contributed by atoms with Gasteiger partial charge in [-0.05, 0) is 44.4 Å². The molecule has 0 aromatic carbocycles. The molecule has 1 fully saturated rings. The molecular formula is C14H23NO5. The molecule has 6 heteroatoms. The maximum Gasteiger partial charge on any atom is 0.326 e. The summed E-state index contributed by atoms with van der Waals surface area (Å²) in [6.07, 6.45) is 3.90. The second kappa shape index (κ2) is 7.87. The molecule has 1 aliphatic rings. The number of carboxylic acid groups (broad SMARTS) is 2. The first-order valence-corrected chi connectivity index (χ1v) is 7.15. The van der Waals surface area contributed by atoms with E-state index >= 15 is 0 Å². The number of nitrogens with one attached hydrogen (secondary N) is 1. The molecule has 0 aromatic rings. The van der Waals surface area contributed by atoms with Crippen LogP contribution in [-0.4, -0.2) is 34.1 Å². The van der Waals surface area contributed by atoms with Gasteiger partial charge in [0.1, 0.15) is 6.04 Å². The van der Waals surface area contributed by atoms with E-state index in [0.29, 0.717) is 5.92 Å². The smallest absolute Gasteiger partial charge is 0.326 e. The number of carbonyl (C=O) groups is 3.